The molecule has 0 atom stereocenters. The van der Waals surface area contributed by atoms with Crippen LogP contribution in [0.3, 0.4) is 0 Å². The Kier molecular flexibility index (Phi) is 5.26. The Morgan fingerprint density at radius 1 is 0.962 bits per heavy atom. The van der Waals surface area contributed by atoms with Crippen LogP contribution in [0.5, 0.6) is 0 Å². The molecule has 0 spiro atoms. The molecule has 1 aromatic carbocycles. The number of rotatable bonds is 4. The normalized spacial score (nSPS) is 16.2. The number of aliphatic imine (C=N–C) groups is 1. The van der Waals surface area contributed by atoms with Crippen molar-refractivity contribution in [1.82, 2.24) is 9.97 Å². The van der Waals surface area contributed by atoms with E-state index in [4.69, 9.17) is 16.6 Å². The highest BCUT2D eigenvalue weighted by atomic mass is 35.5. The van der Waals surface area contributed by atoms with Crippen molar-refractivity contribution in [3.63, 3.8) is 0 Å². The van der Waals surface area contributed by atoms with Crippen LogP contribution in [0.1, 0.15) is 44.2 Å². The fraction of sp³-hybridized carbons (Fsp3) is 0.318. The molecule has 1 saturated carbocycles. The van der Waals surface area contributed by atoms with Crippen molar-refractivity contribution < 1.29 is 0 Å². The molecular weight excluding hydrogens is 342 g/mol. The van der Waals surface area contributed by atoms with Gasteiger partial charge in [-0.3, -0.25) is 4.99 Å². The first-order chi connectivity index (χ1) is 12.8. The SMILES string of the molecule is Clc1ccc(-c2cc(-c3ccc[nH]3)[nH]c2C=NC2CCCCCC2)cc1. The molecule has 134 valence electrons. The minimum absolute atomic E-state index is 0.452. The lowest BCUT2D eigenvalue weighted by Gasteiger charge is -2.07. The van der Waals surface area contributed by atoms with Crippen molar-refractivity contribution in [2.75, 3.05) is 0 Å². The van der Waals surface area contributed by atoms with Gasteiger partial charge in [0.05, 0.1) is 23.1 Å². The number of nitrogens with one attached hydrogen (secondary N) is 2. The van der Waals surface area contributed by atoms with Crippen LogP contribution in [0.2, 0.25) is 5.02 Å². The summed E-state index contributed by atoms with van der Waals surface area (Å²) in [7, 11) is 0. The standard InChI is InChI=1S/C22H24ClN3/c23-17-11-9-16(10-12-17)19-14-21(20-8-5-13-24-20)26-22(19)15-25-18-6-3-1-2-4-7-18/h5,8-15,18,24,26H,1-4,6-7H2. The van der Waals surface area contributed by atoms with Gasteiger partial charge in [-0.05, 0) is 48.7 Å². The molecule has 4 heteroatoms. The zero-order valence-electron chi connectivity index (χ0n) is 14.8. The van der Waals surface area contributed by atoms with Crippen molar-refractivity contribution in [2.45, 2.75) is 44.6 Å². The predicted octanol–water partition coefficient (Wildman–Crippen LogP) is 6.47. The number of aromatic nitrogens is 2. The monoisotopic (exact) mass is 365 g/mol. The summed E-state index contributed by atoms with van der Waals surface area (Å²) in [6.45, 7) is 0. The van der Waals surface area contributed by atoms with Crippen LogP contribution in [-0.2, 0) is 0 Å². The highest BCUT2D eigenvalue weighted by Gasteiger charge is 2.13. The highest BCUT2D eigenvalue weighted by Crippen LogP contribution is 2.29. The predicted molar refractivity (Wildman–Crippen MR) is 110 cm³/mol. The van der Waals surface area contributed by atoms with E-state index in [1.54, 1.807) is 0 Å². The molecule has 26 heavy (non-hydrogen) atoms. The van der Waals surface area contributed by atoms with Crippen LogP contribution in [0.15, 0.2) is 53.7 Å². The smallest absolute Gasteiger partial charge is 0.0646 e. The molecule has 0 radical (unpaired) electrons. The number of nitrogens with zero attached hydrogens (tertiary/aromatic N) is 1. The summed E-state index contributed by atoms with van der Waals surface area (Å²) in [6, 6.07) is 14.7. The topological polar surface area (TPSA) is 43.9 Å². The van der Waals surface area contributed by atoms with Gasteiger partial charge in [-0.2, -0.15) is 0 Å². The van der Waals surface area contributed by atoms with Gasteiger partial charge >= 0.3 is 0 Å². The van der Waals surface area contributed by atoms with Gasteiger partial charge in [0.15, 0.2) is 0 Å². The lowest BCUT2D eigenvalue weighted by molar-refractivity contribution is 0.588. The Morgan fingerprint density at radius 3 is 2.42 bits per heavy atom. The Morgan fingerprint density at radius 2 is 1.73 bits per heavy atom. The number of H-pyrrole nitrogens is 2. The van der Waals surface area contributed by atoms with Gasteiger partial charge in [0.2, 0.25) is 0 Å². The van der Waals surface area contributed by atoms with Crippen LogP contribution >= 0.6 is 11.6 Å². The van der Waals surface area contributed by atoms with Crippen molar-refractivity contribution >= 4 is 17.8 Å². The molecule has 2 aromatic heterocycles. The maximum Gasteiger partial charge on any atom is 0.0646 e. The van der Waals surface area contributed by atoms with Crippen molar-refractivity contribution in [2.24, 2.45) is 4.99 Å². The van der Waals surface area contributed by atoms with Crippen molar-refractivity contribution in [3.05, 3.63) is 59.4 Å². The van der Waals surface area contributed by atoms with Crippen molar-refractivity contribution in [3.8, 4) is 22.5 Å². The maximum atomic E-state index is 6.06. The maximum absolute atomic E-state index is 6.06. The van der Waals surface area contributed by atoms with Gasteiger partial charge in [-0.25, -0.2) is 0 Å². The second-order valence-electron chi connectivity index (χ2n) is 7.02. The molecule has 0 bridgehead atoms. The molecule has 0 amide bonds. The number of aromatic amines is 2. The van der Waals surface area contributed by atoms with Crippen LogP contribution in [0.25, 0.3) is 22.5 Å². The summed E-state index contributed by atoms with van der Waals surface area (Å²) in [6.07, 6.45) is 11.7. The Bertz CT molecular complexity index is 851. The largest absolute Gasteiger partial charge is 0.360 e. The first-order valence-corrected chi connectivity index (χ1v) is 9.83. The third-order valence-electron chi connectivity index (χ3n) is 5.13. The van der Waals surface area contributed by atoms with E-state index in [-0.39, 0.29) is 0 Å². The van der Waals surface area contributed by atoms with Crippen molar-refractivity contribution in [1.29, 1.82) is 0 Å². The van der Waals surface area contributed by atoms with Gasteiger partial charge in [-0.15, -0.1) is 0 Å². The average molecular weight is 366 g/mol. The van der Waals surface area contributed by atoms with E-state index in [0.717, 1.165) is 33.2 Å². The Labute approximate surface area is 159 Å². The number of hydrogen-bond donors (Lipinski definition) is 2. The zero-order valence-corrected chi connectivity index (χ0v) is 15.6. The van der Waals surface area contributed by atoms with E-state index in [9.17, 15) is 0 Å². The quantitative estimate of drug-likeness (QED) is 0.393. The Hall–Kier alpha value is -2.26. The molecule has 0 saturated heterocycles. The fourth-order valence-electron chi connectivity index (χ4n) is 3.67. The first kappa shape index (κ1) is 17.2. The number of halogens is 1. The van der Waals surface area contributed by atoms with E-state index >= 15 is 0 Å². The van der Waals surface area contributed by atoms with Gasteiger partial charge in [-0.1, -0.05) is 49.4 Å². The molecule has 0 unspecified atom stereocenters. The summed E-state index contributed by atoms with van der Waals surface area (Å²) < 4.78 is 0. The molecule has 3 nitrogen and oxygen atoms in total. The van der Waals surface area contributed by atoms with Gasteiger partial charge in [0.25, 0.3) is 0 Å². The number of benzene rings is 1. The van der Waals surface area contributed by atoms with Crippen LogP contribution < -0.4 is 0 Å². The number of hydrogen-bond acceptors (Lipinski definition) is 1. The minimum atomic E-state index is 0.452. The summed E-state index contributed by atoms with van der Waals surface area (Å²) in [5.74, 6) is 0. The Balaban J connectivity index is 1.68. The average Bonchev–Trinajstić information content (AvgIpc) is 3.25. The molecule has 3 aromatic rings. The lowest BCUT2D eigenvalue weighted by atomic mass is 10.1. The summed E-state index contributed by atoms with van der Waals surface area (Å²) in [5, 5.41) is 0.752. The molecule has 1 aliphatic carbocycles. The van der Waals surface area contributed by atoms with Crippen LogP contribution in [-0.4, -0.2) is 22.2 Å². The second kappa shape index (κ2) is 7.96. The molecule has 2 N–H and O–H groups in total. The van der Waals surface area contributed by atoms with Gasteiger partial charge < -0.3 is 9.97 Å². The summed E-state index contributed by atoms with van der Waals surface area (Å²) in [5.41, 5.74) is 5.51. The van der Waals surface area contributed by atoms with Gasteiger partial charge in [0.1, 0.15) is 0 Å². The zero-order chi connectivity index (χ0) is 17.8. The first-order valence-electron chi connectivity index (χ1n) is 9.45. The third kappa shape index (κ3) is 3.94. The summed E-state index contributed by atoms with van der Waals surface area (Å²) in [4.78, 5) is 11.7. The molecular formula is C22H24ClN3. The minimum Gasteiger partial charge on any atom is -0.360 e. The molecule has 0 aliphatic heterocycles. The van der Waals surface area contributed by atoms with Crippen LogP contribution in [0.4, 0.5) is 0 Å². The van der Waals surface area contributed by atoms with E-state index < -0.39 is 0 Å². The van der Waals surface area contributed by atoms with E-state index in [1.807, 2.05) is 30.6 Å². The van der Waals surface area contributed by atoms with E-state index in [0.29, 0.717) is 6.04 Å². The molecule has 4 rings (SSSR count). The summed E-state index contributed by atoms with van der Waals surface area (Å²) >= 11 is 6.06. The molecule has 1 fully saturated rings. The molecule has 1 aliphatic rings. The molecule has 2 heterocycles. The fourth-order valence-corrected chi connectivity index (χ4v) is 3.80. The second-order valence-corrected chi connectivity index (χ2v) is 7.46. The lowest BCUT2D eigenvalue weighted by Crippen LogP contribution is -2.03. The van der Waals surface area contributed by atoms with Crippen LogP contribution in [0, 0.1) is 0 Å². The van der Waals surface area contributed by atoms with E-state index in [2.05, 4.69) is 34.2 Å². The van der Waals surface area contributed by atoms with Gasteiger partial charge in [0, 0.05) is 23.0 Å². The third-order valence-corrected chi connectivity index (χ3v) is 5.38. The van der Waals surface area contributed by atoms with E-state index in [1.165, 1.54) is 38.5 Å². The highest BCUT2D eigenvalue weighted by molar-refractivity contribution is 6.30.